The lowest BCUT2D eigenvalue weighted by atomic mass is 9.92. The number of methoxy groups -OCH3 is 3. The van der Waals surface area contributed by atoms with Gasteiger partial charge in [-0.3, -0.25) is 0 Å². The Hall–Kier alpha value is -1.38. The van der Waals surface area contributed by atoms with Gasteiger partial charge >= 0.3 is 0 Å². The molecule has 0 amide bonds. The molecular formula is C15H24O3. The van der Waals surface area contributed by atoms with Crippen LogP contribution in [0.3, 0.4) is 0 Å². The van der Waals surface area contributed by atoms with Crippen molar-refractivity contribution in [2.45, 2.75) is 39.5 Å². The summed E-state index contributed by atoms with van der Waals surface area (Å²) < 4.78 is 16.6. The van der Waals surface area contributed by atoms with Crippen LogP contribution in [0.4, 0.5) is 0 Å². The number of benzene rings is 1. The molecule has 0 aliphatic rings. The molecule has 102 valence electrons. The summed E-state index contributed by atoms with van der Waals surface area (Å²) in [6.07, 6.45) is 0. The first kappa shape index (κ1) is 14.7. The van der Waals surface area contributed by atoms with Crippen LogP contribution in [0.15, 0.2) is 6.07 Å². The molecule has 0 unspecified atom stereocenters. The molecule has 0 saturated carbocycles. The lowest BCUT2D eigenvalue weighted by Gasteiger charge is -2.23. The number of ether oxygens (including phenoxy) is 3. The largest absolute Gasteiger partial charge is 0.496 e. The highest BCUT2D eigenvalue weighted by atomic mass is 16.5. The predicted octanol–water partition coefficient (Wildman–Crippen LogP) is 3.96. The van der Waals surface area contributed by atoms with Gasteiger partial charge in [0.15, 0.2) is 0 Å². The van der Waals surface area contributed by atoms with Gasteiger partial charge in [-0.05, 0) is 11.8 Å². The smallest absolute Gasteiger partial charge is 0.133 e. The third-order valence-electron chi connectivity index (χ3n) is 3.08. The first-order valence-electron chi connectivity index (χ1n) is 6.30. The second-order valence-electron chi connectivity index (χ2n) is 4.95. The Balaban J connectivity index is 3.64. The zero-order chi connectivity index (χ0) is 13.9. The first-order chi connectivity index (χ1) is 8.47. The van der Waals surface area contributed by atoms with Crippen LogP contribution >= 0.6 is 0 Å². The molecule has 0 radical (unpaired) electrons. The van der Waals surface area contributed by atoms with Gasteiger partial charge < -0.3 is 14.2 Å². The van der Waals surface area contributed by atoms with Gasteiger partial charge in [-0.1, -0.05) is 27.7 Å². The van der Waals surface area contributed by atoms with Gasteiger partial charge in [0.2, 0.25) is 0 Å². The summed E-state index contributed by atoms with van der Waals surface area (Å²) in [5, 5.41) is 0. The van der Waals surface area contributed by atoms with Crippen molar-refractivity contribution in [2.24, 2.45) is 0 Å². The quantitative estimate of drug-likeness (QED) is 0.794. The van der Waals surface area contributed by atoms with E-state index in [1.54, 1.807) is 21.3 Å². The van der Waals surface area contributed by atoms with E-state index in [2.05, 4.69) is 27.7 Å². The Kier molecular flexibility index (Phi) is 4.88. The normalized spacial score (nSPS) is 10.9. The molecule has 1 aromatic carbocycles. The summed E-state index contributed by atoms with van der Waals surface area (Å²) in [7, 11) is 5.05. The van der Waals surface area contributed by atoms with Crippen molar-refractivity contribution in [1.82, 2.24) is 0 Å². The maximum Gasteiger partial charge on any atom is 0.133 e. The molecule has 0 spiro atoms. The van der Waals surface area contributed by atoms with Crippen molar-refractivity contribution in [2.75, 3.05) is 21.3 Å². The Morgan fingerprint density at radius 1 is 0.722 bits per heavy atom. The van der Waals surface area contributed by atoms with Crippen LogP contribution in [0.1, 0.15) is 50.7 Å². The summed E-state index contributed by atoms with van der Waals surface area (Å²) in [6, 6.07) is 1.95. The molecule has 3 heteroatoms. The van der Waals surface area contributed by atoms with Crippen LogP contribution in [0.2, 0.25) is 0 Å². The van der Waals surface area contributed by atoms with Gasteiger partial charge in [0.1, 0.15) is 17.2 Å². The molecule has 0 aromatic heterocycles. The van der Waals surface area contributed by atoms with Gasteiger partial charge in [-0.15, -0.1) is 0 Å². The molecule has 0 aliphatic carbocycles. The standard InChI is InChI=1S/C15H24O3/c1-9(2)13-11(16-5)8-12(17-6)14(10(3)4)15(13)18-7/h8-10H,1-7H3. The van der Waals surface area contributed by atoms with E-state index in [-0.39, 0.29) is 0 Å². The van der Waals surface area contributed by atoms with Crippen LogP contribution < -0.4 is 14.2 Å². The van der Waals surface area contributed by atoms with E-state index in [1.165, 1.54) is 0 Å². The average Bonchev–Trinajstić information content (AvgIpc) is 2.35. The molecule has 0 aliphatic heterocycles. The van der Waals surface area contributed by atoms with Crippen molar-refractivity contribution in [3.05, 3.63) is 17.2 Å². The molecule has 0 saturated heterocycles. The van der Waals surface area contributed by atoms with Crippen LogP contribution in [0.25, 0.3) is 0 Å². The van der Waals surface area contributed by atoms with Crippen LogP contribution in [0, 0.1) is 0 Å². The summed E-state index contributed by atoms with van der Waals surface area (Å²) >= 11 is 0. The lowest BCUT2D eigenvalue weighted by Crippen LogP contribution is -2.05. The number of hydrogen-bond acceptors (Lipinski definition) is 3. The second-order valence-corrected chi connectivity index (χ2v) is 4.95. The summed E-state index contributed by atoms with van der Waals surface area (Å²) in [4.78, 5) is 0. The number of rotatable bonds is 5. The maximum absolute atomic E-state index is 5.62. The molecule has 1 rings (SSSR count). The van der Waals surface area contributed by atoms with E-state index < -0.39 is 0 Å². The minimum absolute atomic E-state index is 0.332. The van der Waals surface area contributed by atoms with Gasteiger partial charge in [0.25, 0.3) is 0 Å². The van der Waals surface area contributed by atoms with Crippen molar-refractivity contribution in [1.29, 1.82) is 0 Å². The topological polar surface area (TPSA) is 27.7 Å². The summed E-state index contributed by atoms with van der Waals surface area (Å²) in [6.45, 7) is 8.54. The lowest BCUT2D eigenvalue weighted by molar-refractivity contribution is 0.357. The van der Waals surface area contributed by atoms with Crippen LogP contribution in [-0.2, 0) is 0 Å². The predicted molar refractivity (Wildman–Crippen MR) is 74.3 cm³/mol. The molecule has 0 atom stereocenters. The Morgan fingerprint density at radius 3 is 1.33 bits per heavy atom. The van der Waals surface area contributed by atoms with Crippen molar-refractivity contribution >= 4 is 0 Å². The Morgan fingerprint density at radius 2 is 1.11 bits per heavy atom. The maximum atomic E-state index is 5.62. The fraction of sp³-hybridized carbons (Fsp3) is 0.600. The SMILES string of the molecule is COc1cc(OC)c(C(C)C)c(OC)c1C(C)C. The summed E-state index contributed by atoms with van der Waals surface area (Å²) in [5.41, 5.74) is 2.20. The van der Waals surface area contributed by atoms with Crippen molar-refractivity contribution in [3.8, 4) is 17.2 Å². The molecule has 0 bridgehead atoms. The van der Waals surface area contributed by atoms with E-state index in [4.69, 9.17) is 14.2 Å². The zero-order valence-electron chi connectivity index (χ0n) is 12.5. The van der Waals surface area contributed by atoms with E-state index in [1.807, 2.05) is 6.07 Å². The Labute approximate surface area is 110 Å². The molecule has 0 fully saturated rings. The van der Waals surface area contributed by atoms with Crippen molar-refractivity contribution in [3.63, 3.8) is 0 Å². The Bertz CT molecular complexity index is 374. The van der Waals surface area contributed by atoms with Gasteiger partial charge in [-0.2, -0.15) is 0 Å². The average molecular weight is 252 g/mol. The number of hydrogen-bond donors (Lipinski definition) is 0. The minimum Gasteiger partial charge on any atom is -0.496 e. The fourth-order valence-electron chi connectivity index (χ4n) is 2.29. The van der Waals surface area contributed by atoms with Gasteiger partial charge in [-0.25, -0.2) is 0 Å². The molecular weight excluding hydrogens is 228 g/mol. The highest BCUT2D eigenvalue weighted by Crippen LogP contribution is 2.45. The second kappa shape index (κ2) is 5.98. The first-order valence-corrected chi connectivity index (χ1v) is 6.30. The molecule has 18 heavy (non-hydrogen) atoms. The van der Waals surface area contributed by atoms with E-state index in [0.717, 1.165) is 28.4 Å². The molecule has 0 N–H and O–H groups in total. The third kappa shape index (κ3) is 2.55. The van der Waals surface area contributed by atoms with Gasteiger partial charge in [0, 0.05) is 17.2 Å². The van der Waals surface area contributed by atoms with E-state index in [9.17, 15) is 0 Å². The van der Waals surface area contributed by atoms with Gasteiger partial charge in [0.05, 0.1) is 21.3 Å². The van der Waals surface area contributed by atoms with E-state index >= 15 is 0 Å². The zero-order valence-corrected chi connectivity index (χ0v) is 12.5. The third-order valence-corrected chi connectivity index (χ3v) is 3.08. The molecule has 0 heterocycles. The summed E-state index contributed by atoms with van der Waals surface area (Å²) in [5.74, 6) is 3.19. The van der Waals surface area contributed by atoms with Crippen LogP contribution in [-0.4, -0.2) is 21.3 Å². The molecule has 1 aromatic rings. The highest BCUT2D eigenvalue weighted by Gasteiger charge is 2.23. The molecule has 3 nitrogen and oxygen atoms in total. The highest BCUT2D eigenvalue weighted by molar-refractivity contribution is 5.59. The van der Waals surface area contributed by atoms with Crippen molar-refractivity contribution < 1.29 is 14.2 Å². The minimum atomic E-state index is 0.332. The van der Waals surface area contributed by atoms with E-state index in [0.29, 0.717) is 11.8 Å². The van der Waals surface area contributed by atoms with Crippen LogP contribution in [0.5, 0.6) is 17.2 Å². The fourth-order valence-corrected chi connectivity index (χ4v) is 2.29. The monoisotopic (exact) mass is 252 g/mol.